The second-order valence-electron chi connectivity index (χ2n) is 9.66. The number of unbranched alkanes of at least 4 members (excludes halogenated alkanes) is 11. The fourth-order valence-corrected chi connectivity index (χ4v) is 4.63. The first-order chi connectivity index (χ1) is 17.8. The molecule has 2 atom stereocenters. The summed E-state index contributed by atoms with van der Waals surface area (Å²) < 4.78 is 32.0. The minimum absolute atomic E-state index is 0.272. The molecule has 2 unspecified atom stereocenters. The summed E-state index contributed by atoms with van der Waals surface area (Å²) in [5, 5.41) is 13.0. The monoisotopic (exact) mass is 539 g/mol. The summed E-state index contributed by atoms with van der Waals surface area (Å²) in [6.45, 7) is 4.22. The Morgan fingerprint density at radius 1 is 0.757 bits per heavy atom. The lowest BCUT2D eigenvalue weighted by Gasteiger charge is -2.21. The van der Waals surface area contributed by atoms with Gasteiger partial charge < -0.3 is 10.4 Å². The molecule has 0 aliphatic rings. The Morgan fingerprint density at radius 3 is 1.86 bits per heavy atom. The largest absolute Gasteiger partial charge is 0.387 e. The van der Waals surface area contributed by atoms with Gasteiger partial charge in [-0.3, -0.25) is 9.35 Å². The van der Waals surface area contributed by atoms with Gasteiger partial charge in [0, 0.05) is 6.42 Å². The topological polar surface area (TPSA) is 104 Å². The van der Waals surface area contributed by atoms with Gasteiger partial charge in [0.15, 0.2) is 0 Å². The third kappa shape index (κ3) is 25.7. The van der Waals surface area contributed by atoms with Crippen LogP contribution >= 0.6 is 0 Å². The summed E-state index contributed by atoms with van der Waals surface area (Å²) in [4.78, 5) is 12.3. The quantitative estimate of drug-likeness (QED) is 0.0682. The van der Waals surface area contributed by atoms with Crippen LogP contribution in [0, 0.1) is 0 Å². The smallest absolute Gasteiger partial charge is 0.267 e. The highest BCUT2D eigenvalue weighted by Gasteiger charge is 2.24. The second kappa shape index (κ2) is 24.6. The summed E-state index contributed by atoms with van der Waals surface area (Å²) in [5.41, 5.74) is 0. The van der Waals surface area contributed by atoms with E-state index in [4.69, 9.17) is 0 Å². The molecule has 0 aromatic carbocycles. The van der Waals surface area contributed by atoms with Crippen LogP contribution in [-0.4, -0.2) is 41.9 Å². The average molecular weight is 540 g/mol. The third-order valence-corrected chi connectivity index (χ3v) is 6.83. The second-order valence-corrected chi connectivity index (χ2v) is 11.2. The van der Waals surface area contributed by atoms with Crippen molar-refractivity contribution in [2.24, 2.45) is 0 Å². The molecule has 1 amide bonds. The van der Waals surface area contributed by atoms with E-state index < -0.39 is 28.0 Å². The zero-order valence-corrected chi connectivity index (χ0v) is 24.1. The number of hydrogen-bond acceptors (Lipinski definition) is 4. The van der Waals surface area contributed by atoms with Crippen LogP contribution in [0.15, 0.2) is 48.6 Å². The van der Waals surface area contributed by atoms with Gasteiger partial charge in [-0.2, -0.15) is 8.42 Å². The molecule has 6 nitrogen and oxygen atoms in total. The fourth-order valence-electron chi connectivity index (χ4n) is 3.89. The van der Waals surface area contributed by atoms with E-state index in [1.807, 2.05) is 13.0 Å². The number of hydrogen-bond donors (Lipinski definition) is 3. The number of aliphatic hydroxyl groups excluding tert-OH is 1. The molecule has 0 fully saturated rings. The summed E-state index contributed by atoms with van der Waals surface area (Å²) in [7, 11) is -4.34. The van der Waals surface area contributed by atoms with Gasteiger partial charge in [0.1, 0.15) is 0 Å². The minimum atomic E-state index is -4.34. The molecule has 0 radical (unpaired) electrons. The predicted molar refractivity (Wildman–Crippen MR) is 156 cm³/mol. The molecule has 214 valence electrons. The van der Waals surface area contributed by atoms with Crippen molar-refractivity contribution in [1.82, 2.24) is 5.32 Å². The summed E-state index contributed by atoms with van der Waals surface area (Å²) in [6.07, 6.45) is 31.2. The van der Waals surface area contributed by atoms with Gasteiger partial charge in [-0.15, -0.1) is 0 Å². The number of amides is 1. The molecule has 0 aromatic rings. The standard InChI is InChI=1S/C30H53NO5S/c1-3-5-7-9-11-13-14-15-16-18-20-22-24-26-30(33)31-28(27-37(34,35)36)29(32)25-23-21-19-17-12-10-8-6-4-2/h4,6,12-14,17,23,25,28-29,32H,3,5,7-11,15-16,18-22,24,26-27H2,1-2H3,(H,31,33)(H,34,35,36)/b6-4+,14-13-,17-12+,25-23+. The van der Waals surface area contributed by atoms with Gasteiger partial charge in [-0.25, -0.2) is 0 Å². The molecule has 37 heavy (non-hydrogen) atoms. The van der Waals surface area contributed by atoms with Crippen molar-refractivity contribution in [1.29, 1.82) is 0 Å². The van der Waals surface area contributed by atoms with Crippen molar-refractivity contribution in [2.45, 2.75) is 129 Å². The van der Waals surface area contributed by atoms with E-state index in [0.29, 0.717) is 12.8 Å². The lowest BCUT2D eigenvalue weighted by molar-refractivity contribution is -0.122. The first-order valence-electron chi connectivity index (χ1n) is 14.3. The van der Waals surface area contributed by atoms with E-state index in [-0.39, 0.29) is 12.3 Å². The molecule has 0 aliphatic carbocycles. The molecule has 0 aliphatic heterocycles. The summed E-state index contributed by atoms with van der Waals surface area (Å²) in [6, 6.07) is -1.08. The Hall–Kier alpha value is -1.70. The number of carbonyl (C=O) groups excluding carboxylic acids is 1. The average Bonchev–Trinajstić information content (AvgIpc) is 2.84. The van der Waals surface area contributed by atoms with Gasteiger partial charge in [0.05, 0.1) is 17.9 Å². The molecular formula is C30H53NO5S. The molecule has 0 aromatic heterocycles. The van der Waals surface area contributed by atoms with Crippen LogP contribution in [0.3, 0.4) is 0 Å². The van der Waals surface area contributed by atoms with E-state index in [1.54, 1.807) is 6.08 Å². The van der Waals surface area contributed by atoms with Crippen molar-refractivity contribution in [3.8, 4) is 0 Å². The fraction of sp³-hybridized carbons (Fsp3) is 0.700. The van der Waals surface area contributed by atoms with Crippen LogP contribution in [-0.2, 0) is 14.9 Å². The Kier molecular flexibility index (Phi) is 23.5. The zero-order valence-electron chi connectivity index (χ0n) is 23.3. The van der Waals surface area contributed by atoms with Crippen molar-refractivity contribution >= 4 is 16.0 Å². The van der Waals surface area contributed by atoms with Crippen LogP contribution < -0.4 is 5.32 Å². The first-order valence-corrected chi connectivity index (χ1v) is 15.9. The van der Waals surface area contributed by atoms with Crippen LogP contribution in [0.2, 0.25) is 0 Å². The summed E-state index contributed by atoms with van der Waals surface area (Å²) in [5.74, 6) is -1.03. The van der Waals surface area contributed by atoms with E-state index in [9.17, 15) is 22.9 Å². The lowest BCUT2D eigenvalue weighted by atomic mass is 10.1. The maximum Gasteiger partial charge on any atom is 0.267 e. The first kappa shape index (κ1) is 35.3. The summed E-state index contributed by atoms with van der Waals surface area (Å²) >= 11 is 0. The molecule has 0 rings (SSSR count). The third-order valence-electron chi connectivity index (χ3n) is 6.05. The Morgan fingerprint density at radius 2 is 1.27 bits per heavy atom. The van der Waals surface area contributed by atoms with Crippen LogP contribution in [0.4, 0.5) is 0 Å². The van der Waals surface area contributed by atoms with Crippen LogP contribution in [0.25, 0.3) is 0 Å². The molecule has 0 heterocycles. The van der Waals surface area contributed by atoms with E-state index >= 15 is 0 Å². The van der Waals surface area contributed by atoms with Gasteiger partial charge >= 0.3 is 0 Å². The molecule has 0 bridgehead atoms. The van der Waals surface area contributed by atoms with E-state index in [1.165, 1.54) is 38.2 Å². The molecule has 0 saturated heterocycles. The molecule has 3 N–H and O–H groups in total. The molecule has 7 heteroatoms. The number of nitrogens with one attached hydrogen (secondary N) is 1. The van der Waals surface area contributed by atoms with Crippen molar-refractivity contribution in [3.05, 3.63) is 48.6 Å². The van der Waals surface area contributed by atoms with Gasteiger partial charge in [0.25, 0.3) is 10.1 Å². The molecule has 0 saturated carbocycles. The van der Waals surface area contributed by atoms with Crippen molar-refractivity contribution in [2.75, 3.05) is 5.75 Å². The normalized spacial score (nSPS) is 14.4. The Balaban J connectivity index is 4.19. The lowest BCUT2D eigenvalue weighted by Crippen LogP contribution is -2.46. The highest BCUT2D eigenvalue weighted by atomic mass is 32.2. The minimum Gasteiger partial charge on any atom is -0.387 e. The molecular weight excluding hydrogens is 486 g/mol. The predicted octanol–water partition coefficient (Wildman–Crippen LogP) is 7.23. The number of allylic oxidation sites excluding steroid dienone is 7. The molecule has 0 spiro atoms. The number of rotatable bonds is 24. The van der Waals surface area contributed by atoms with Gasteiger partial charge in [-0.05, 0) is 64.7 Å². The van der Waals surface area contributed by atoms with E-state index in [2.05, 4.69) is 42.6 Å². The maximum atomic E-state index is 12.3. The van der Waals surface area contributed by atoms with Crippen LogP contribution in [0.5, 0.6) is 0 Å². The highest BCUT2D eigenvalue weighted by Crippen LogP contribution is 2.10. The SMILES string of the molecule is C/C=C/CC/C=C/CC/C=C/C(O)C(CS(=O)(=O)O)NC(=O)CCCCCCC/C=C\CCCCCC. The van der Waals surface area contributed by atoms with Gasteiger partial charge in [-0.1, -0.05) is 94.1 Å². The Labute approximate surface area is 227 Å². The maximum absolute atomic E-state index is 12.3. The van der Waals surface area contributed by atoms with Crippen molar-refractivity contribution < 1.29 is 22.9 Å². The number of carbonyl (C=O) groups is 1. The van der Waals surface area contributed by atoms with Crippen molar-refractivity contribution in [3.63, 3.8) is 0 Å². The van der Waals surface area contributed by atoms with Crippen LogP contribution in [0.1, 0.15) is 117 Å². The number of aliphatic hydroxyl groups is 1. The highest BCUT2D eigenvalue weighted by molar-refractivity contribution is 7.85. The van der Waals surface area contributed by atoms with E-state index in [0.717, 1.165) is 51.4 Å². The van der Waals surface area contributed by atoms with Gasteiger partial charge in [0.2, 0.25) is 5.91 Å². The zero-order chi connectivity index (χ0) is 27.6. The Bertz CT molecular complexity index is 771.